The van der Waals surface area contributed by atoms with Gasteiger partial charge in [0.2, 0.25) is 17.7 Å². The highest BCUT2D eigenvalue weighted by Gasteiger charge is 2.61. The van der Waals surface area contributed by atoms with Gasteiger partial charge in [0.15, 0.2) is 25.2 Å². The largest absolute Gasteiger partial charge is 0.477 e. The topological polar surface area (TPSA) is 541 Å². The molecule has 5 heterocycles. The Kier molecular flexibility index (Phi) is 42.5. The number of allylic oxidation sites excluding steroid dienone is 1. The SMILES string of the molecule is CCCCCCCCCCCCC/C=C/[C@@H](O)[C@H](CO[C@@H]1OC(CO)[C@@H](O[C@@H]2OC(CO)[C@H](O[C@@H]3OC(CO)[C@H](O)[C@H](O[C@@H]4OC(CO)[C@H](O)[C@H](O[C@]5(C(=O)O)CC(O)[C@@H](NC(C)=O)C([C@H](O)[C@H](O)CO)O5)C4NC(C)=O)C3O)[C@H](O)C2O)[C@H](O)C1O)NC(=O)CCCCCCCCCCCCCCC. The van der Waals surface area contributed by atoms with Gasteiger partial charge in [-0.05, 0) is 19.3 Å². The van der Waals surface area contributed by atoms with E-state index in [0.717, 1.165) is 65.2 Å². The molecule has 0 aromatic carbocycles. The van der Waals surface area contributed by atoms with Gasteiger partial charge in [-0.25, -0.2) is 4.79 Å². The van der Waals surface area contributed by atoms with Crippen LogP contribution in [0.5, 0.6) is 0 Å². The quantitative estimate of drug-likeness (QED) is 0.0235. The third-order valence-electron chi connectivity index (χ3n) is 20.1. The van der Waals surface area contributed by atoms with Crippen LogP contribution in [0.15, 0.2) is 12.2 Å². The molecule has 5 saturated heterocycles. The number of ether oxygens (including phenoxy) is 10. The van der Waals surface area contributed by atoms with Gasteiger partial charge in [-0.2, -0.15) is 0 Å². The second kappa shape index (κ2) is 48.4. The molecule has 34 heteroatoms. The van der Waals surface area contributed by atoms with Gasteiger partial charge in [0.25, 0.3) is 5.79 Å². The highest BCUT2D eigenvalue weighted by atomic mass is 16.8. The maximum absolute atomic E-state index is 13.4. The van der Waals surface area contributed by atoms with Gasteiger partial charge in [0.05, 0.1) is 63.9 Å². The number of aliphatic carboxylic acids is 1. The fraction of sp³-hybridized carbons (Fsp3) is 0.915. The molecule has 10 unspecified atom stereocenters. The van der Waals surface area contributed by atoms with Crippen LogP contribution in [-0.4, -0.2) is 321 Å². The Morgan fingerprint density at radius 1 is 0.495 bits per heavy atom. The van der Waals surface area contributed by atoms with Gasteiger partial charge >= 0.3 is 5.97 Å². The second-order valence-electron chi connectivity index (χ2n) is 28.6. The number of hydrogen-bond acceptors (Lipinski definition) is 30. The average molecular weight is 1520 g/mol. The lowest BCUT2D eigenvalue weighted by Crippen LogP contribution is -2.72. The molecule has 5 rings (SSSR count). The fourth-order valence-corrected chi connectivity index (χ4v) is 14.0. The summed E-state index contributed by atoms with van der Waals surface area (Å²) in [6.07, 6.45) is -17.1. The number of carbonyl (C=O) groups is 4. The molecule has 612 valence electrons. The van der Waals surface area contributed by atoms with Crippen LogP contribution in [0, 0.1) is 0 Å². The van der Waals surface area contributed by atoms with Crippen LogP contribution >= 0.6 is 0 Å². The first-order chi connectivity index (χ1) is 50.3. The van der Waals surface area contributed by atoms with Crippen molar-refractivity contribution in [3.63, 3.8) is 0 Å². The summed E-state index contributed by atoms with van der Waals surface area (Å²) in [5.41, 5.74) is 0. The van der Waals surface area contributed by atoms with Crippen molar-refractivity contribution in [2.45, 2.75) is 372 Å². The standard InChI is InChI=1S/C71H127N3O31/c1-5-7-9-11-13-15-17-19-21-23-25-27-29-31-43(82)42(74-50(85)32-30-28-26-24-22-20-18-16-14-12-10-8-6-2)39-96-67-58(91)56(89)61(48(37-78)99-67)101-68-59(92)57(90)62(49(38-79)100-68)102-69-60(93)65(55(88)47(36-77)98-69)103-66-52(73-41(4)81)64(54(87)46(35-76)97-66)105-71(70(94)95)33-44(83)51(72-40(3)80)63(104-71)53(86)45(84)34-75/h29,31,42-49,51-69,75-79,82-84,86-93H,5-28,30,32-39H2,1-4H3,(H,72,80)(H,73,81)(H,74,85)(H,94,95)/b31-29+/t42-,43+,44?,45+,46?,47?,48?,49?,51+,52?,53+,54-,55-,56+,57+,58?,59?,60?,61+,62-,63?,64+,65-,66-,67+,68-,69-,71-/m0/s1. The molecule has 0 bridgehead atoms. The number of aliphatic hydroxyl groups excluding tert-OH is 16. The Hall–Kier alpha value is -3.42. The van der Waals surface area contributed by atoms with E-state index >= 15 is 0 Å². The smallest absolute Gasteiger partial charge is 0.364 e. The van der Waals surface area contributed by atoms with Gasteiger partial charge in [0.1, 0.15) is 116 Å². The third kappa shape index (κ3) is 28.1. The van der Waals surface area contributed by atoms with Crippen LogP contribution in [-0.2, 0) is 66.5 Å². The van der Waals surface area contributed by atoms with Crippen molar-refractivity contribution in [2.75, 3.05) is 39.6 Å². The normalized spacial score (nSPS) is 35.0. The number of rotatable bonds is 50. The fourth-order valence-electron chi connectivity index (χ4n) is 14.0. The van der Waals surface area contributed by atoms with Gasteiger partial charge < -0.3 is 150 Å². The van der Waals surface area contributed by atoms with Crippen LogP contribution < -0.4 is 16.0 Å². The molecule has 5 aliphatic heterocycles. The van der Waals surface area contributed by atoms with Gasteiger partial charge in [-0.15, -0.1) is 0 Å². The molecule has 0 aromatic rings. The molecule has 0 radical (unpaired) electrons. The molecule has 0 saturated carbocycles. The summed E-state index contributed by atoms with van der Waals surface area (Å²) in [6.45, 7) is 0.582. The van der Waals surface area contributed by atoms with E-state index in [1.54, 1.807) is 6.08 Å². The lowest BCUT2D eigenvalue weighted by Gasteiger charge is -2.52. The number of nitrogens with one attached hydrogen (secondary N) is 3. The Bertz CT molecular complexity index is 2460. The Morgan fingerprint density at radius 2 is 0.914 bits per heavy atom. The van der Waals surface area contributed by atoms with E-state index in [4.69, 9.17) is 47.4 Å². The number of unbranched alkanes of at least 4 members (excludes halogenated alkanes) is 23. The van der Waals surface area contributed by atoms with E-state index in [2.05, 4.69) is 29.8 Å². The monoisotopic (exact) mass is 1520 g/mol. The molecular formula is C71H127N3O31. The van der Waals surface area contributed by atoms with Crippen molar-refractivity contribution in [2.24, 2.45) is 0 Å². The summed E-state index contributed by atoms with van der Waals surface area (Å²) in [6, 6.07) is -4.72. The number of hydrogen-bond donors (Lipinski definition) is 20. The van der Waals surface area contributed by atoms with Crippen molar-refractivity contribution in [3.8, 4) is 0 Å². The first-order valence-corrected chi connectivity index (χ1v) is 38.1. The van der Waals surface area contributed by atoms with E-state index in [0.29, 0.717) is 12.8 Å². The molecule has 5 fully saturated rings. The highest BCUT2D eigenvalue weighted by Crippen LogP contribution is 2.40. The van der Waals surface area contributed by atoms with E-state index in [1.165, 1.54) is 96.3 Å². The number of amides is 3. The Morgan fingerprint density at radius 3 is 1.39 bits per heavy atom. The van der Waals surface area contributed by atoms with Crippen molar-refractivity contribution in [3.05, 3.63) is 12.2 Å². The van der Waals surface area contributed by atoms with Gasteiger partial charge in [0, 0.05) is 26.7 Å². The maximum atomic E-state index is 13.4. The lowest BCUT2D eigenvalue weighted by atomic mass is 9.88. The molecule has 3 amide bonds. The number of carboxylic acids is 1. The first-order valence-electron chi connectivity index (χ1n) is 38.1. The van der Waals surface area contributed by atoms with Crippen molar-refractivity contribution in [1.29, 1.82) is 0 Å². The van der Waals surface area contributed by atoms with Crippen molar-refractivity contribution < 1.29 is 153 Å². The lowest BCUT2D eigenvalue weighted by molar-refractivity contribution is -0.390. The maximum Gasteiger partial charge on any atom is 0.364 e. The molecule has 105 heavy (non-hydrogen) atoms. The minimum Gasteiger partial charge on any atom is -0.477 e. The van der Waals surface area contributed by atoms with Crippen LogP contribution in [0.3, 0.4) is 0 Å². The third-order valence-corrected chi connectivity index (χ3v) is 20.1. The van der Waals surface area contributed by atoms with Crippen molar-refractivity contribution >= 4 is 23.7 Å². The van der Waals surface area contributed by atoms with Crippen LogP contribution in [0.2, 0.25) is 0 Å². The Labute approximate surface area is 614 Å². The molecule has 0 aliphatic carbocycles. The van der Waals surface area contributed by atoms with E-state index in [-0.39, 0.29) is 12.3 Å². The predicted octanol–water partition coefficient (Wildman–Crippen LogP) is -1.82. The molecule has 0 aromatic heterocycles. The molecule has 20 N–H and O–H groups in total. The second-order valence-corrected chi connectivity index (χ2v) is 28.6. The summed E-state index contributed by atoms with van der Waals surface area (Å²) in [4.78, 5) is 51.9. The van der Waals surface area contributed by atoms with E-state index < -0.39 is 235 Å². The predicted molar refractivity (Wildman–Crippen MR) is 369 cm³/mol. The van der Waals surface area contributed by atoms with Gasteiger partial charge in [-0.1, -0.05) is 167 Å². The number of carbonyl (C=O) groups excluding carboxylic acids is 3. The zero-order valence-electron chi connectivity index (χ0n) is 61.4. The Balaban J connectivity index is 1.25. The molecule has 5 aliphatic rings. The minimum absolute atomic E-state index is 0.178. The van der Waals surface area contributed by atoms with E-state index in [9.17, 15) is 106 Å². The number of carboxylic acid groups (broad SMARTS) is 1. The summed E-state index contributed by atoms with van der Waals surface area (Å²) in [5.74, 6) is -7.38. The number of aliphatic hydroxyl groups is 16. The van der Waals surface area contributed by atoms with Crippen LogP contribution in [0.25, 0.3) is 0 Å². The molecule has 0 spiro atoms. The summed E-state index contributed by atoms with van der Waals surface area (Å²) < 4.78 is 58.8. The summed E-state index contributed by atoms with van der Waals surface area (Å²) in [7, 11) is 0. The summed E-state index contributed by atoms with van der Waals surface area (Å²) >= 11 is 0. The first kappa shape index (κ1) is 92.2. The van der Waals surface area contributed by atoms with E-state index in [1.807, 2.05) is 6.08 Å². The zero-order valence-corrected chi connectivity index (χ0v) is 61.4. The van der Waals surface area contributed by atoms with Crippen LogP contribution in [0.1, 0.15) is 201 Å². The zero-order chi connectivity index (χ0) is 77.3. The van der Waals surface area contributed by atoms with Crippen LogP contribution in [0.4, 0.5) is 0 Å². The molecule has 34 nitrogen and oxygen atoms in total. The minimum atomic E-state index is -3.20. The molecule has 28 atom stereocenters. The average Bonchev–Trinajstić information content (AvgIpc) is 0.750. The molecular weight excluding hydrogens is 1390 g/mol. The summed E-state index contributed by atoms with van der Waals surface area (Å²) in [5, 5.41) is 196. The van der Waals surface area contributed by atoms with Crippen molar-refractivity contribution in [1.82, 2.24) is 16.0 Å². The van der Waals surface area contributed by atoms with Gasteiger partial charge in [-0.3, -0.25) is 14.4 Å². The highest BCUT2D eigenvalue weighted by molar-refractivity contribution is 5.77.